The van der Waals surface area contributed by atoms with Crippen molar-refractivity contribution in [2.45, 2.75) is 31.2 Å². The highest BCUT2D eigenvalue weighted by Gasteiger charge is 2.25. The summed E-state index contributed by atoms with van der Waals surface area (Å²) in [7, 11) is -3.81. The molecule has 1 rings (SSSR count). The highest BCUT2D eigenvalue weighted by atomic mass is 35.5. The minimum absolute atomic E-state index is 0.0118. The molecule has 2 N–H and O–H groups in total. The van der Waals surface area contributed by atoms with E-state index in [-0.39, 0.29) is 27.5 Å². The molecule has 0 aliphatic carbocycles. The van der Waals surface area contributed by atoms with Gasteiger partial charge in [0.15, 0.2) is 0 Å². The van der Waals surface area contributed by atoms with Gasteiger partial charge < -0.3 is 5.11 Å². The average Bonchev–Trinajstić information content (AvgIpc) is 2.37. The first-order chi connectivity index (χ1) is 8.81. The molecule has 2 atom stereocenters. The zero-order chi connectivity index (χ0) is 14.6. The van der Waals surface area contributed by atoms with Crippen LogP contribution in [0.4, 0.5) is 0 Å². The molecule has 7 heteroatoms. The van der Waals surface area contributed by atoms with Crippen molar-refractivity contribution in [1.82, 2.24) is 4.72 Å². The standard InChI is InChI=1S/C12H17Cl2NO3S/c1-3-8(2)11(7-16)15-19(17,18)12-6-9(13)4-5-10(12)14/h4-6,8,11,15-16H,3,7H2,1-2H3/t8-,11+/m0/s1. The van der Waals surface area contributed by atoms with Crippen LogP contribution in [-0.4, -0.2) is 26.2 Å². The van der Waals surface area contributed by atoms with Crippen LogP contribution in [0.2, 0.25) is 10.0 Å². The Morgan fingerprint density at radius 1 is 1.37 bits per heavy atom. The summed E-state index contributed by atoms with van der Waals surface area (Å²) >= 11 is 11.7. The fraction of sp³-hybridized carbons (Fsp3) is 0.500. The number of aliphatic hydroxyl groups excluding tert-OH is 1. The van der Waals surface area contributed by atoms with Crippen LogP contribution in [0.3, 0.4) is 0 Å². The van der Waals surface area contributed by atoms with Gasteiger partial charge in [0.2, 0.25) is 10.0 Å². The highest BCUT2D eigenvalue weighted by Crippen LogP contribution is 2.25. The first kappa shape index (κ1) is 16.7. The van der Waals surface area contributed by atoms with Crippen molar-refractivity contribution in [1.29, 1.82) is 0 Å². The average molecular weight is 326 g/mol. The maximum Gasteiger partial charge on any atom is 0.242 e. The molecule has 0 bridgehead atoms. The van der Waals surface area contributed by atoms with Gasteiger partial charge in [0.25, 0.3) is 0 Å². The van der Waals surface area contributed by atoms with Crippen LogP contribution in [-0.2, 0) is 10.0 Å². The first-order valence-corrected chi connectivity index (χ1v) is 8.14. The van der Waals surface area contributed by atoms with Crippen molar-refractivity contribution in [2.75, 3.05) is 6.61 Å². The van der Waals surface area contributed by atoms with E-state index in [9.17, 15) is 13.5 Å². The molecule has 4 nitrogen and oxygen atoms in total. The number of sulfonamides is 1. The third-order valence-electron chi connectivity index (χ3n) is 3.02. The number of benzene rings is 1. The summed E-state index contributed by atoms with van der Waals surface area (Å²) in [5.74, 6) is 0.0118. The first-order valence-electron chi connectivity index (χ1n) is 5.90. The fourth-order valence-electron chi connectivity index (χ4n) is 1.56. The molecule has 0 amide bonds. The van der Waals surface area contributed by atoms with E-state index in [2.05, 4.69) is 4.72 Å². The monoisotopic (exact) mass is 325 g/mol. The Morgan fingerprint density at radius 3 is 2.53 bits per heavy atom. The molecule has 0 fully saturated rings. The van der Waals surface area contributed by atoms with Crippen LogP contribution in [0.5, 0.6) is 0 Å². The molecular formula is C12H17Cl2NO3S. The van der Waals surface area contributed by atoms with Crippen LogP contribution in [0, 0.1) is 5.92 Å². The number of aliphatic hydroxyl groups is 1. The van der Waals surface area contributed by atoms with Crippen LogP contribution in [0.1, 0.15) is 20.3 Å². The van der Waals surface area contributed by atoms with E-state index < -0.39 is 16.1 Å². The molecule has 0 heterocycles. The van der Waals surface area contributed by atoms with E-state index in [1.165, 1.54) is 18.2 Å². The summed E-state index contributed by atoms with van der Waals surface area (Å²) in [6.45, 7) is 3.52. The zero-order valence-corrected chi connectivity index (χ0v) is 13.1. The van der Waals surface area contributed by atoms with Gasteiger partial charge >= 0.3 is 0 Å². The van der Waals surface area contributed by atoms with Gasteiger partial charge in [-0.1, -0.05) is 43.5 Å². The second kappa shape index (κ2) is 6.90. The van der Waals surface area contributed by atoms with E-state index in [4.69, 9.17) is 23.2 Å². The maximum atomic E-state index is 12.2. The lowest BCUT2D eigenvalue weighted by Crippen LogP contribution is -2.41. The second-order valence-electron chi connectivity index (χ2n) is 4.37. The molecule has 0 spiro atoms. The van der Waals surface area contributed by atoms with Gasteiger partial charge in [0.05, 0.1) is 11.6 Å². The van der Waals surface area contributed by atoms with Crippen LogP contribution >= 0.6 is 23.2 Å². The minimum atomic E-state index is -3.81. The van der Waals surface area contributed by atoms with E-state index in [0.29, 0.717) is 0 Å². The summed E-state index contributed by atoms with van der Waals surface area (Å²) in [5.41, 5.74) is 0. The van der Waals surface area contributed by atoms with E-state index in [1.807, 2.05) is 13.8 Å². The van der Waals surface area contributed by atoms with Crippen molar-refractivity contribution in [2.24, 2.45) is 5.92 Å². The van der Waals surface area contributed by atoms with Crippen molar-refractivity contribution in [3.63, 3.8) is 0 Å². The van der Waals surface area contributed by atoms with E-state index in [1.54, 1.807) is 0 Å². The van der Waals surface area contributed by atoms with Gasteiger partial charge in [0, 0.05) is 11.1 Å². The van der Waals surface area contributed by atoms with Crippen molar-refractivity contribution >= 4 is 33.2 Å². The van der Waals surface area contributed by atoms with Gasteiger partial charge in [-0.15, -0.1) is 0 Å². The topological polar surface area (TPSA) is 66.4 Å². The third-order valence-corrected chi connectivity index (χ3v) is 5.22. The predicted molar refractivity (Wildman–Crippen MR) is 77.1 cm³/mol. The predicted octanol–water partition coefficient (Wildman–Crippen LogP) is 2.68. The number of rotatable bonds is 6. The molecular weight excluding hydrogens is 309 g/mol. The van der Waals surface area contributed by atoms with Gasteiger partial charge in [-0.25, -0.2) is 13.1 Å². The largest absolute Gasteiger partial charge is 0.395 e. The van der Waals surface area contributed by atoms with Gasteiger partial charge in [0.1, 0.15) is 4.90 Å². The molecule has 0 radical (unpaired) electrons. The van der Waals surface area contributed by atoms with Crippen LogP contribution < -0.4 is 4.72 Å². The Bertz CT molecular complexity index is 534. The van der Waals surface area contributed by atoms with Crippen molar-refractivity contribution in [3.8, 4) is 0 Å². The molecule has 0 saturated carbocycles. The summed E-state index contributed by atoms with van der Waals surface area (Å²) in [4.78, 5) is -0.0802. The molecule has 19 heavy (non-hydrogen) atoms. The minimum Gasteiger partial charge on any atom is -0.395 e. The summed E-state index contributed by atoms with van der Waals surface area (Å²) < 4.78 is 26.9. The number of hydrogen-bond acceptors (Lipinski definition) is 3. The summed E-state index contributed by atoms with van der Waals surface area (Å²) in [5, 5.41) is 9.66. The lowest BCUT2D eigenvalue weighted by molar-refractivity contribution is 0.219. The third kappa shape index (κ3) is 4.33. The van der Waals surface area contributed by atoms with E-state index >= 15 is 0 Å². The quantitative estimate of drug-likeness (QED) is 0.845. The summed E-state index contributed by atoms with van der Waals surface area (Å²) in [6.07, 6.45) is 0.747. The lowest BCUT2D eigenvalue weighted by atomic mass is 10.0. The van der Waals surface area contributed by atoms with Crippen LogP contribution in [0.15, 0.2) is 23.1 Å². The maximum absolute atomic E-state index is 12.2. The number of hydrogen-bond donors (Lipinski definition) is 2. The highest BCUT2D eigenvalue weighted by molar-refractivity contribution is 7.89. The van der Waals surface area contributed by atoms with Crippen molar-refractivity contribution in [3.05, 3.63) is 28.2 Å². The molecule has 1 aromatic rings. The summed E-state index contributed by atoms with van der Waals surface area (Å²) in [6, 6.07) is 3.68. The Hall–Kier alpha value is -0.330. The lowest BCUT2D eigenvalue weighted by Gasteiger charge is -2.22. The zero-order valence-electron chi connectivity index (χ0n) is 10.7. The second-order valence-corrected chi connectivity index (χ2v) is 6.90. The molecule has 108 valence electrons. The molecule has 0 saturated heterocycles. The number of nitrogens with one attached hydrogen (secondary N) is 1. The Labute approximate surface area is 123 Å². The molecule has 1 aromatic carbocycles. The van der Waals surface area contributed by atoms with Crippen molar-refractivity contribution < 1.29 is 13.5 Å². The smallest absolute Gasteiger partial charge is 0.242 e. The van der Waals surface area contributed by atoms with E-state index in [0.717, 1.165) is 6.42 Å². The normalized spacial score (nSPS) is 15.2. The molecule has 0 aromatic heterocycles. The van der Waals surface area contributed by atoms with Gasteiger partial charge in [-0.05, 0) is 24.1 Å². The fourth-order valence-corrected chi connectivity index (χ4v) is 3.66. The number of halogens is 2. The molecule has 0 aliphatic rings. The van der Waals surface area contributed by atoms with Crippen LogP contribution in [0.25, 0.3) is 0 Å². The van der Waals surface area contributed by atoms with Gasteiger partial charge in [-0.3, -0.25) is 0 Å². The SMILES string of the molecule is CC[C@H](C)[C@@H](CO)NS(=O)(=O)c1cc(Cl)ccc1Cl. The Morgan fingerprint density at radius 2 is 2.00 bits per heavy atom. The molecule has 0 unspecified atom stereocenters. The van der Waals surface area contributed by atoms with Gasteiger partial charge in [-0.2, -0.15) is 0 Å². The molecule has 0 aliphatic heterocycles. The Kier molecular flexibility index (Phi) is 6.08. The Balaban J connectivity index is 3.07.